The molecule has 1 saturated carbocycles. The summed E-state index contributed by atoms with van der Waals surface area (Å²) in [4.78, 5) is 22.4. The first-order valence-electron chi connectivity index (χ1n) is 5.75. The maximum absolute atomic E-state index is 12.0. The Kier molecular flexibility index (Phi) is 3.04. The predicted molar refractivity (Wildman–Crippen MR) is 67.2 cm³/mol. The molecule has 6 nitrogen and oxygen atoms in total. The van der Waals surface area contributed by atoms with Gasteiger partial charge in [-0.2, -0.15) is 0 Å². The molecule has 0 radical (unpaired) electrons. The molecule has 1 aromatic carbocycles. The largest absolute Gasteiger partial charge is 0.329 e. The number of anilines is 1. The summed E-state index contributed by atoms with van der Waals surface area (Å²) in [6, 6.07) is 4.72. The number of hydrogen-bond donors (Lipinski definition) is 2. The first-order chi connectivity index (χ1) is 8.48. The fourth-order valence-electron chi connectivity index (χ4n) is 1.83. The van der Waals surface area contributed by atoms with Gasteiger partial charge >= 0.3 is 0 Å². The molecular weight excluding hydrogens is 234 g/mol. The Bertz CT molecular complexity index is 509. The summed E-state index contributed by atoms with van der Waals surface area (Å²) in [5.74, 6) is -0.225. The number of carbonyl (C=O) groups is 1. The molecule has 1 aliphatic rings. The van der Waals surface area contributed by atoms with E-state index in [1.165, 1.54) is 6.07 Å². The van der Waals surface area contributed by atoms with Gasteiger partial charge in [0.15, 0.2) is 0 Å². The van der Waals surface area contributed by atoms with Crippen molar-refractivity contribution in [3.63, 3.8) is 0 Å². The lowest BCUT2D eigenvalue weighted by atomic mass is 10.1. The van der Waals surface area contributed by atoms with Gasteiger partial charge in [0.1, 0.15) is 5.69 Å². The van der Waals surface area contributed by atoms with E-state index >= 15 is 0 Å². The Morgan fingerprint density at radius 3 is 2.72 bits per heavy atom. The van der Waals surface area contributed by atoms with Crippen LogP contribution < -0.4 is 11.1 Å². The minimum absolute atomic E-state index is 0.0869. The maximum atomic E-state index is 12.0. The van der Waals surface area contributed by atoms with E-state index in [-0.39, 0.29) is 23.8 Å². The average molecular weight is 249 g/mol. The molecule has 1 fully saturated rings. The van der Waals surface area contributed by atoms with Gasteiger partial charge in [0, 0.05) is 12.6 Å². The summed E-state index contributed by atoms with van der Waals surface area (Å²) >= 11 is 0. The molecule has 3 N–H and O–H groups in total. The number of nitro benzene ring substituents is 1. The fourth-order valence-corrected chi connectivity index (χ4v) is 1.83. The summed E-state index contributed by atoms with van der Waals surface area (Å²) in [5.41, 5.74) is 5.96. The number of rotatable bonds is 4. The van der Waals surface area contributed by atoms with Crippen molar-refractivity contribution in [1.82, 2.24) is 0 Å². The van der Waals surface area contributed by atoms with Gasteiger partial charge in [0.05, 0.1) is 10.3 Å². The highest BCUT2D eigenvalue weighted by atomic mass is 16.6. The van der Waals surface area contributed by atoms with Crippen molar-refractivity contribution in [3.05, 3.63) is 33.9 Å². The van der Waals surface area contributed by atoms with E-state index in [1.807, 2.05) is 0 Å². The lowest BCUT2D eigenvalue weighted by molar-refractivity contribution is -0.384. The first-order valence-corrected chi connectivity index (χ1v) is 5.75. The highest BCUT2D eigenvalue weighted by Crippen LogP contribution is 2.45. The van der Waals surface area contributed by atoms with Crippen LogP contribution >= 0.6 is 0 Å². The molecule has 18 heavy (non-hydrogen) atoms. The maximum Gasteiger partial charge on any atom is 0.293 e. The number of amides is 1. The van der Waals surface area contributed by atoms with Gasteiger partial charge in [-0.3, -0.25) is 14.9 Å². The number of benzene rings is 1. The van der Waals surface area contributed by atoms with Crippen LogP contribution in [0.4, 0.5) is 11.4 Å². The molecular formula is C12H15N3O3. The molecule has 0 spiro atoms. The second-order valence-electron chi connectivity index (χ2n) is 4.72. The Morgan fingerprint density at radius 1 is 1.56 bits per heavy atom. The number of nitrogens with two attached hydrogens (primary N) is 1. The van der Waals surface area contributed by atoms with Crippen molar-refractivity contribution in [1.29, 1.82) is 0 Å². The van der Waals surface area contributed by atoms with Gasteiger partial charge in [-0.1, -0.05) is 6.07 Å². The number of hydrogen-bond acceptors (Lipinski definition) is 4. The van der Waals surface area contributed by atoms with E-state index in [0.717, 1.165) is 18.4 Å². The molecule has 0 aliphatic heterocycles. The third-order valence-corrected chi connectivity index (χ3v) is 3.32. The van der Waals surface area contributed by atoms with E-state index in [1.54, 1.807) is 19.1 Å². The Hall–Kier alpha value is -1.95. The van der Waals surface area contributed by atoms with Crippen LogP contribution in [0.1, 0.15) is 18.4 Å². The van der Waals surface area contributed by atoms with Crippen molar-refractivity contribution in [2.24, 2.45) is 11.1 Å². The summed E-state index contributed by atoms with van der Waals surface area (Å²) in [6.45, 7) is 2.04. The predicted octanol–water partition coefficient (Wildman–Crippen LogP) is 1.58. The molecule has 96 valence electrons. The molecule has 1 amide bonds. The van der Waals surface area contributed by atoms with Crippen molar-refractivity contribution < 1.29 is 9.72 Å². The van der Waals surface area contributed by atoms with Gasteiger partial charge in [-0.25, -0.2) is 0 Å². The van der Waals surface area contributed by atoms with Crippen molar-refractivity contribution in [3.8, 4) is 0 Å². The second-order valence-corrected chi connectivity index (χ2v) is 4.72. The van der Waals surface area contributed by atoms with Crippen LogP contribution in [0.2, 0.25) is 0 Å². The quantitative estimate of drug-likeness (QED) is 0.625. The molecule has 0 saturated heterocycles. The van der Waals surface area contributed by atoms with Crippen LogP contribution in [0.3, 0.4) is 0 Å². The topological polar surface area (TPSA) is 98.3 Å². The normalized spacial score (nSPS) is 16.1. The zero-order chi connectivity index (χ0) is 13.3. The lowest BCUT2D eigenvalue weighted by Crippen LogP contribution is -2.31. The van der Waals surface area contributed by atoms with Gasteiger partial charge in [-0.05, 0) is 31.4 Å². The van der Waals surface area contributed by atoms with Gasteiger partial charge in [-0.15, -0.1) is 0 Å². The Morgan fingerprint density at radius 2 is 2.22 bits per heavy atom. The number of carbonyl (C=O) groups excluding carboxylic acids is 1. The molecule has 0 heterocycles. The third kappa shape index (κ3) is 2.19. The second kappa shape index (κ2) is 4.38. The van der Waals surface area contributed by atoms with Gasteiger partial charge in [0.25, 0.3) is 5.69 Å². The minimum Gasteiger partial charge on any atom is -0.329 e. The molecule has 0 unspecified atom stereocenters. The van der Waals surface area contributed by atoms with Crippen LogP contribution in [0.25, 0.3) is 0 Å². The number of nitrogens with one attached hydrogen (secondary N) is 1. The Balaban J connectivity index is 2.24. The van der Waals surface area contributed by atoms with Gasteiger partial charge < -0.3 is 11.1 Å². The fraction of sp³-hybridized carbons (Fsp3) is 0.417. The minimum atomic E-state index is -0.515. The number of nitrogens with zero attached hydrogens (tertiary/aromatic N) is 1. The van der Waals surface area contributed by atoms with Crippen LogP contribution in [0.5, 0.6) is 0 Å². The smallest absolute Gasteiger partial charge is 0.293 e. The van der Waals surface area contributed by atoms with Gasteiger partial charge in [0.2, 0.25) is 5.91 Å². The van der Waals surface area contributed by atoms with Crippen molar-refractivity contribution >= 4 is 17.3 Å². The summed E-state index contributed by atoms with van der Waals surface area (Å²) in [5, 5.41) is 13.5. The molecule has 0 aromatic heterocycles. The summed E-state index contributed by atoms with van der Waals surface area (Å²) in [6.07, 6.45) is 1.49. The van der Waals surface area contributed by atoms with Crippen LogP contribution in [-0.4, -0.2) is 17.4 Å². The van der Waals surface area contributed by atoms with Crippen LogP contribution in [0, 0.1) is 22.5 Å². The van der Waals surface area contributed by atoms with Crippen molar-refractivity contribution in [2.75, 3.05) is 11.9 Å². The molecule has 0 bridgehead atoms. The summed E-state index contributed by atoms with van der Waals surface area (Å²) < 4.78 is 0. The van der Waals surface area contributed by atoms with Crippen LogP contribution in [-0.2, 0) is 4.79 Å². The van der Waals surface area contributed by atoms with E-state index in [2.05, 4.69) is 5.32 Å². The molecule has 2 rings (SSSR count). The molecule has 1 aliphatic carbocycles. The lowest BCUT2D eigenvalue weighted by Gasteiger charge is -2.13. The highest BCUT2D eigenvalue weighted by Gasteiger charge is 2.48. The number of nitro groups is 1. The zero-order valence-electron chi connectivity index (χ0n) is 10.1. The van der Waals surface area contributed by atoms with E-state index in [4.69, 9.17) is 5.73 Å². The van der Waals surface area contributed by atoms with Crippen molar-refractivity contribution in [2.45, 2.75) is 19.8 Å². The van der Waals surface area contributed by atoms with E-state index in [0.29, 0.717) is 0 Å². The molecule has 6 heteroatoms. The molecule has 1 aromatic rings. The highest BCUT2D eigenvalue weighted by molar-refractivity contribution is 5.99. The van der Waals surface area contributed by atoms with Crippen LogP contribution in [0.15, 0.2) is 18.2 Å². The summed E-state index contributed by atoms with van der Waals surface area (Å²) in [7, 11) is 0. The number of aryl methyl sites for hydroxylation is 1. The van der Waals surface area contributed by atoms with E-state index in [9.17, 15) is 14.9 Å². The molecule has 0 atom stereocenters. The monoisotopic (exact) mass is 249 g/mol. The van der Waals surface area contributed by atoms with E-state index < -0.39 is 10.3 Å². The Labute approximate surface area is 104 Å². The first kappa shape index (κ1) is 12.5. The average Bonchev–Trinajstić information content (AvgIpc) is 3.12. The third-order valence-electron chi connectivity index (χ3n) is 3.32. The standard InChI is InChI=1S/C12H15N3O3/c1-8-2-3-9(10(6-8)15(17)18)14-11(16)12(7-13)4-5-12/h2-3,6H,4-5,7,13H2,1H3,(H,14,16). The SMILES string of the molecule is Cc1ccc(NC(=O)C2(CN)CC2)c([N+](=O)[O-])c1. The zero-order valence-corrected chi connectivity index (χ0v) is 10.1.